The number of aromatic nitrogens is 2. The molecule has 0 saturated heterocycles. The van der Waals surface area contributed by atoms with Gasteiger partial charge in [-0.15, -0.1) is 0 Å². The lowest BCUT2D eigenvalue weighted by Crippen LogP contribution is -2.31. The molecule has 0 unspecified atom stereocenters. The van der Waals surface area contributed by atoms with E-state index in [2.05, 4.69) is 25.5 Å². The van der Waals surface area contributed by atoms with Crippen LogP contribution >= 0.6 is 0 Å². The van der Waals surface area contributed by atoms with Gasteiger partial charge in [-0.2, -0.15) is 10.5 Å². The van der Waals surface area contributed by atoms with Gasteiger partial charge >= 0.3 is 0 Å². The number of nitriles is 2. The molecule has 266 valence electrons. The molecule has 2 aliphatic rings. The van der Waals surface area contributed by atoms with Crippen molar-refractivity contribution in [3.8, 4) is 40.1 Å². The summed E-state index contributed by atoms with van der Waals surface area (Å²) in [7, 11) is -5.09. The maximum atomic E-state index is 13.9. The van der Waals surface area contributed by atoms with Crippen molar-refractivity contribution in [2.45, 2.75) is 51.6 Å². The molecule has 0 spiro atoms. The van der Waals surface area contributed by atoms with Gasteiger partial charge in [-0.3, -0.25) is 9.97 Å². The quantitative estimate of drug-likeness (QED) is 0.163. The van der Waals surface area contributed by atoms with E-state index in [1.165, 1.54) is 12.1 Å². The van der Waals surface area contributed by atoms with E-state index in [1.54, 1.807) is 70.0 Å². The summed E-state index contributed by atoms with van der Waals surface area (Å²) in [4.78, 5) is 8.51. The monoisotopic (exact) mass is 730 g/mol. The van der Waals surface area contributed by atoms with Gasteiger partial charge in [0.2, 0.25) is 20.0 Å². The van der Waals surface area contributed by atoms with Gasteiger partial charge in [0.15, 0.2) is 0 Å². The Hall–Kier alpha value is -4.73. The highest BCUT2D eigenvalue weighted by Gasteiger charge is 2.36. The number of ether oxygens (including phenoxy) is 1. The van der Waals surface area contributed by atoms with Crippen molar-refractivity contribution in [1.29, 1.82) is 10.5 Å². The van der Waals surface area contributed by atoms with Gasteiger partial charge in [0.25, 0.3) is 0 Å². The van der Waals surface area contributed by atoms with E-state index in [0.29, 0.717) is 28.4 Å². The van der Waals surface area contributed by atoms with E-state index < -0.39 is 25.9 Å². The Morgan fingerprint density at radius 1 is 0.765 bits per heavy atom. The highest BCUT2D eigenvalue weighted by atomic mass is 32.2. The Morgan fingerprint density at radius 2 is 1.31 bits per heavy atom. The Balaban J connectivity index is 0.000000198. The normalized spacial score (nSPS) is 15.4. The standard InChI is InChI=1S/C19H21N3O3S.C18H18FN3O2S/c1-3-26(23,24)22-19(14-5-6-14)16-9-15(11-21-12-16)17-7-4-13(10-20)8-18(17)25-2;1-2-25(23,24)22-18(12-3-4-12)16-7-15(10-21-11-16)13-5-6-14(9-20)17(19)8-13/h4,7-9,11-12,14,19,22H,3,5-6H2,1-2H3;5-8,10-12,18,22H,2-4H2,1H3/t19-;18-/m11/s1. The molecule has 11 nitrogen and oxygen atoms in total. The van der Waals surface area contributed by atoms with Crippen molar-refractivity contribution < 1.29 is 26.0 Å². The zero-order valence-corrected chi connectivity index (χ0v) is 30.1. The van der Waals surface area contributed by atoms with Crippen molar-refractivity contribution in [2.75, 3.05) is 18.6 Å². The number of hydrogen-bond acceptors (Lipinski definition) is 9. The number of nitrogens with one attached hydrogen (secondary N) is 2. The van der Waals surface area contributed by atoms with Crippen molar-refractivity contribution in [1.82, 2.24) is 19.4 Å². The summed E-state index contributed by atoms with van der Waals surface area (Å²) >= 11 is 0. The van der Waals surface area contributed by atoms with Gasteiger partial charge in [0.05, 0.1) is 47.9 Å². The fraction of sp³-hybridized carbons (Fsp3) is 0.351. The van der Waals surface area contributed by atoms with Gasteiger partial charge in [-0.05, 0) is 111 Å². The molecule has 2 N–H and O–H groups in total. The smallest absolute Gasteiger partial charge is 0.211 e. The third-order valence-electron chi connectivity index (χ3n) is 8.86. The van der Waals surface area contributed by atoms with Crippen LogP contribution in [0.15, 0.2) is 73.3 Å². The molecule has 0 bridgehead atoms. The molecule has 14 heteroatoms. The molecule has 0 amide bonds. The highest BCUT2D eigenvalue weighted by Crippen LogP contribution is 2.43. The molecule has 2 aromatic heterocycles. The van der Waals surface area contributed by atoms with Crippen LogP contribution in [0.3, 0.4) is 0 Å². The Labute approximate surface area is 298 Å². The minimum absolute atomic E-state index is 0.0144. The first-order valence-electron chi connectivity index (χ1n) is 16.6. The topological polar surface area (TPSA) is 175 Å². The molecule has 0 radical (unpaired) electrons. The Kier molecular flexibility index (Phi) is 11.8. The lowest BCUT2D eigenvalue weighted by atomic mass is 9.99. The molecule has 51 heavy (non-hydrogen) atoms. The van der Waals surface area contributed by atoms with Gasteiger partial charge in [0.1, 0.15) is 17.6 Å². The van der Waals surface area contributed by atoms with E-state index in [1.807, 2.05) is 18.2 Å². The van der Waals surface area contributed by atoms with Crippen molar-refractivity contribution in [3.05, 3.63) is 101 Å². The molecule has 2 heterocycles. The number of rotatable bonds is 13. The van der Waals surface area contributed by atoms with Gasteiger partial charge < -0.3 is 4.74 Å². The summed E-state index contributed by atoms with van der Waals surface area (Å²) in [5.74, 6) is 0.625. The molecule has 2 aromatic carbocycles. The van der Waals surface area contributed by atoms with Crippen LogP contribution < -0.4 is 14.2 Å². The Bertz CT molecular complexity index is 2190. The predicted octanol–water partition coefficient (Wildman–Crippen LogP) is 6.17. The van der Waals surface area contributed by atoms with Crippen molar-refractivity contribution >= 4 is 20.0 Å². The third kappa shape index (κ3) is 9.74. The second-order valence-corrected chi connectivity index (χ2v) is 16.6. The SMILES string of the molecule is CCS(=O)(=O)N[C@@H](c1cncc(-c2ccc(C#N)c(F)c2)c1)C1CC1.CCS(=O)(=O)N[C@@H](c1cncc(-c2ccc(C#N)cc2OC)c1)C1CC1. The minimum atomic E-state index is -3.34. The fourth-order valence-electron chi connectivity index (χ4n) is 5.63. The number of benzene rings is 2. The summed E-state index contributed by atoms with van der Waals surface area (Å²) in [6.07, 6.45) is 10.6. The van der Waals surface area contributed by atoms with Crippen LogP contribution in [0.1, 0.15) is 73.9 Å². The van der Waals surface area contributed by atoms with Crippen LogP contribution in [-0.2, 0) is 20.0 Å². The zero-order chi connectivity index (χ0) is 36.8. The fourth-order valence-corrected chi connectivity index (χ4v) is 7.40. The molecule has 2 aliphatic carbocycles. The molecule has 2 atom stereocenters. The van der Waals surface area contributed by atoms with Gasteiger partial charge in [-0.1, -0.05) is 6.07 Å². The van der Waals surface area contributed by atoms with E-state index in [9.17, 15) is 21.2 Å². The molecule has 0 aliphatic heterocycles. The van der Waals surface area contributed by atoms with E-state index in [4.69, 9.17) is 15.3 Å². The number of halogens is 1. The third-order valence-corrected chi connectivity index (χ3v) is 11.6. The summed E-state index contributed by atoms with van der Waals surface area (Å²) < 4.78 is 72.9. The van der Waals surface area contributed by atoms with E-state index >= 15 is 0 Å². The number of pyridine rings is 2. The summed E-state index contributed by atoms with van der Waals surface area (Å²) in [5.41, 5.74) is 5.02. The highest BCUT2D eigenvalue weighted by molar-refractivity contribution is 7.89. The van der Waals surface area contributed by atoms with Crippen LogP contribution in [0, 0.1) is 40.3 Å². The number of nitrogens with zero attached hydrogens (tertiary/aromatic N) is 4. The van der Waals surface area contributed by atoms with Crippen LogP contribution in [0.2, 0.25) is 0 Å². The molecule has 2 saturated carbocycles. The minimum Gasteiger partial charge on any atom is -0.496 e. The molecular formula is C37H39FN6O5S2. The lowest BCUT2D eigenvalue weighted by molar-refractivity contribution is 0.416. The molecule has 2 fully saturated rings. The number of methoxy groups -OCH3 is 1. The summed E-state index contributed by atoms with van der Waals surface area (Å²) in [5, 5.41) is 17.9. The second-order valence-electron chi connectivity index (χ2n) is 12.5. The Morgan fingerprint density at radius 3 is 1.78 bits per heavy atom. The van der Waals surface area contributed by atoms with Crippen LogP contribution in [0.4, 0.5) is 4.39 Å². The van der Waals surface area contributed by atoms with E-state index in [-0.39, 0.29) is 35.1 Å². The maximum absolute atomic E-state index is 13.9. The van der Waals surface area contributed by atoms with Crippen LogP contribution in [0.25, 0.3) is 22.3 Å². The lowest BCUT2D eigenvalue weighted by Gasteiger charge is -2.19. The predicted molar refractivity (Wildman–Crippen MR) is 191 cm³/mol. The van der Waals surface area contributed by atoms with Crippen molar-refractivity contribution in [3.63, 3.8) is 0 Å². The first-order chi connectivity index (χ1) is 24.4. The van der Waals surface area contributed by atoms with Crippen LogP contribution in [0.5, 0.6) is 5.75 Å². The second kappa shape index (κ2) is 16.1. The average molecular weight is 731 g/mol. The molecule has 4 aromatic rings. The van der Waals surface area contributed by atoms with Crippen LogP contribution in [-0.4, -0.2) is 45.4 Å². The first-order valence-corrected chi connectivity index (χ1v) is 19.9. The van der Waals surface area contributed by atoms with Gasteiger partial charge in [0, 0.05) is 41.5 Å². The summed E-state index contributed by atoms with van der Waals surface area (Å²) in [6.45, 7) is 3.23. The largest absolute Gasteiger partial charge is 0.496 e. The first kappa shape index (κ1) is 37.5. The number of sulfonamides is 2. The average Bonchev–Trinajstić information content (AvgIpc) is 4.08. The summed E-state index contributed by atoms with van der Waals surface area (Å²) in [6, 6.07) is 16.7. The zero-order valence-electron chi connectivity index (χ0n) is 28.5. The van der Waals surface area contributed by atoms with E-state index in [0.717, 1.165) is 47.9 Å². The number of hydrogen-bond donors (Lipinski definition) is 2. The maximum Gasteiger partial charge on any atom is 0.211 e. The molecular weight excluding hydrogens is 692 g/mol. The molecule has 6 rings (SSSR count). The van der Waals surface area contributed by atoms with Crippen molar-refractivity contribution in [2.24, 2.45) is 11.8 Å². The van der Waals surface area contributed by atoms with Gasteiger partial charge in [-0.25, -0.2) is 30.7 Å².